The molecule has 0 fully saturated rings. The Morgan fingerprint density at radius 1 is 1.33 bits per heavy atom. The van der Waals surface area contributed by atoms with Crippen LogP contribution < -0.4 is 5.32 Å². The number of hydrogen-bond donors (Lipinski definition) is 1. The van der Waals surface area contributed by atoms with Crippen molar-refractivity contribution in [1.82, 2.24) is 10.2 Å². The van der Waals surface area contributed by atoms with Crippen molar-refractivity contribution in [3.05, 3.63) is 24.2 Å². The first-order valence-corrected chi connectivity index (χ1v) is 7.66. The molecule has 0 aliphatic heterocycles. The van der Waals surface area contributed by atoms with Gasteiger partial charge in [0.1, 0.15) is 6.26 Å². The maximum absolute atomic E-state index is 12.3. The minimum atomic E-state index is -0.0995. The number of amides is 2. The second kappa shape index (κ2) is 9.21. The van der Waals surface area contributed by atoms with Gasteiger partial charge in [0, 0.05) is 25.6 Å². The minimum Gasteiger partial charge on any atom is -0.472 e. The topological polar surface area (TPSA) is 62.6 Å². The molecule has 0 bridgehead atoms. The molecule has 5 heteroatoms. The molecule has 0 spiro atoms. The molecule has 0 aliphatic carbocycles. The van der Waals surface area contributed by atoms with Crippen LogP contribution >= 0.6 is 0 Å². The third-order valence-corrected chi connectivity index (χ3v) is 3.33. The van der Waals surface area contributed by atoms with Gasteiger partial charge in [0.05, 0.1) is 11.8 Å². The van der Waals surface area contributed by atoms with Crippen molar-refractivity contribution in [2.24, 2.45) is 0 Å². The van der Waals surface area contributed by atoms with Crippen LogP contribution in [-0.2, 0) is 4.79 Å². The molecule has 21 heavy (non-hydrogen) atoms. The summed E-state index contributed by atoms with van der Waals surface area (Å²) in [5.74, 6) is -0.103. The van der Waals surface area contributed by atoms with E-state index < -0.39 is 0 Å². The normalized spacial score (nSPS) is 10.7. The first-order valence-electron chi connectivity index (χ1n) is 7.66. The lowest BCUT2D eigenvalue weighted by atomic mass is 10.2. The first kappa shape index (κ1) is 17.3. The molecule has 1 aromatic heterocycles. The Balaban J connectivity index is 2.41. The van der Waals surface area contributed by atoms with Gasteiger partial charge in [-0.15, -0.1) is 0 Å². The van der Waals surface area contributed by atoms with Crippen LogP contribution in [0.2, 0.25) is 0 Å². The zero-order valence-electron chi connectivity index (χ0n) is 13.2. The average Bonchev–Trinajstić information content (AvgIpc) is 2.97. The van der Waals surface area contributed by atoms with Gasteiger partial charge in [-0.3, -0.25) is 9.59 Å². The van der Waals surface area contributed by atoms with Crippen LogP contribution in [0.5, 0.6) is 0 Å². The van der Waals surface area contributed by atoms with E-state index in [4.69, 9.17) is 4.42 Å². The molecular weight excluding hydrogens is 268 g/mol. The van der Waals surface area contributed by atoms with Crippen molar-refractivity contribution < 1.29 is 14.0 Å². The Kier molecular flexibility index (Phi) is 7.58. The number of carbonyl (C=O) groups is 2. The molecule has 118 valence electrons. The largest absolute Gasteiger partial charge is 0.472 e. The van der Waals surface area contributed by atoms with E-state index in [1.807, 2.05) is 13.8 Å². The van der Waals surface area contributed by atoms with E-state index in [1.54, 1.807) is 11.0 Å². The molecule has 5 nitrogen and oxygen atoms in total. The standard InChI is InChI=1S/C16H26N2O3/c1-4-5-6-9-17-15(19)7-10-18(13(2)3)16(20)14-8-11-21-12-14/h8,11-13H,4-7,9-10H2,1-3H3,(H,17,19). The van der Waals surface area contributed by atoms with Crippen LogP contribution in [0.3, 0.4) is 0 Å². The number of hydrogen-bond acceptors (Lipinski definition) is 3. The van der Waals surface area contributed by atoms with E-state index in [1.165, 1.54) is 12.5 Å². The van der Waals surface area contributed by atoms with Gasteiger partial charge in [0.2, 0.25) is 5.91 Å². The quantitative estimate of drug-likeness (QED) is 0.712. The highest BCUT2D eigenvalue weighted by molar-refractivity contribution is 5.94. The summed E-state index contributed by atoms with van der Waals surface area (Å²) in [6.07, 6.45) is 6.50. The van der Waals surface area contributed by atoms with Crippen molar-refractivity contribution in [3.63, 3.8) is 0 Å². The van der Waals surface area contributed by atoms with Crippen LogP contribution in [0.25, 0.3) is 0 Å². The van der Waals surface area contributed by atoms with E-state index in [0.717, 1.165) is 19.3 Å². The lowest BCUT2D eigenvalue weighted by Gasteiger charge is -2.26. The van der Waals surface area contributed by atoms with Gasteiger partial charge in [-0.2, -0.15) is 0 Å². The van der Waals surface area contributed by atoms with Crippen LogP contribution in [0, 0.1) is 0 Å². The van der Waals surface area contributed by atoms with E-state index in [-0.39, 0.29) is 17.9 Å². The van der Waals surface area contributed by atoms with Crippen molar-refractivity contribution in [3.8, 4) is 0 Å². The molecular formula is C16H26N2O3. The molecule has 0 radical (unpaired) electrons. The summed E-state index contributed by atoms with van der Waals surface area (Å²) in [6.45, 7) is 7.14. The Hall–Kier alpha value is -1.78. The molecule has 0 atom stereocenters. The second-order valence-corrected chi connectivity index (χ2v) is 5.41. The molecule has 2 amide bonds. The Morgan fingerprint density at radius 3 is 2.67 bits per heavy atom. The summed E-state index contributed by atoms with van der Waals surface area (Å²) in [6, 6.07) is 1.68. The summed E-state index contributed by atoms with van der Waals surface area (Å²) >= 11 is 0. The maximum atomic E-state index is 12.3. The van der Waals surface area contributed by atoms with Crippen molar-refractivity contribution in [1.29, 1.82) is 0 Å². The van der Waals surface area contributed by atoms with Gasteiger partial charge < -0.3 is 14.6 Å². The van der Waals surface area contributed by atoms with E-state index in [9.17, 15) is 9.59 Å². The van der Waals surface area contributed by atoms with Gasteiger partial charge in [-0.25, -0.2) is 0 Å². The summed E-state index contributed by atoms with van der Waals surface area (Å²) in [5.41, 5.74) is 0.520. The summed E-state index contributed by atoms with van der Waals surface area (Å²) in [7, 11) is 0. The van der Waals surface area contributed by atoms with E-state index >= 15 is 0 Å². The van der Waals surface area contributed by atoms with Crippen LogP contribution in [0.15, 0.2) is 23.0 Å². The number of rotatable bonds is 9. The fraction of sp³-hybridized carbons (Fsp3) is 0.625. The van der Waals surface area contributed by atoms with Crippen molar-refractivity contribution in [2.45, 2.75) is 52.5 Å². The number of furan rings is 1. The number of carbonyl (C=O) groups excluding carboxylic acids is 2. The van der Waals surface area contributed by atoms with E-state index in [0.29, 0.717) is 25.1 Å². The molecule has 0 aliphatic rings. The van der Waals surface area contributed by atoms with Crippen molar-refractivity contribution in [2.75, 3.05) is 13.1 Å². The highest BCUT2D eigenvalue weighted by atomic mass is 16.3. The SMILES string of the molecule is CCCCCNC(=O)CCN(C(=O)c1ccoc1)C(C)C. The van der Waals surface area contributed by atoms with Crippen LogP contribution in [-0.4, -0.2) is 35.8 Å². The zero-order chi connectivity index (χ0) is 15.7. The zero-order valence-corrected chi connectivity index (χ0v) is 13.2. The third-order valence-electron chi connectivity index (χ3n) is 3.33. The molecule has 1 aromatic rings. The second-order valence-electron chi connectivity index (χ2n) is 5.41. The fourth-order valence-electron chi connectivity index (χ4n) is 2.06. The third kappa shape index (κ3) is 6.02. The molecule has 0 aromatic carbocycles. The number of nitrogens with zero attached hydrogens (tertiary/aromatic N) is 1. The average molecular weight is 294 g/mol. The fourth-order valence-corrected chi connectivity index (χ4v) is 2.06. The van der Waals surface area contributed by atoms with Gasteiger partial charge in [0.25, 0.3) is 5.91 Å². The lowest BCUT2D eigenvalue weighted by molar-refractivity contribution is -0.121. The Bertz CT molecular complexity index is 427. The van der Waals surface area contributed by atoms with Crippen LogP contribution in [0.4, 0.5) is 0 Å². The Labute approximate surface area is 126 Å². The highest BCUT2D eigenvalue weighted by Gasteiger charge is 2.20. The minimum absolute atomic E-state index is 0.00301. The molecule has 1 rings (SSSR count). The summed E-state index contributed by atoms with van der Waals surface area (Å²) in [5, 5.41) is 2.89. The van der Waals surface area contributed by atoms with E-state index in [2.05, 4.69) is 12.2 Å². The predicted octanol–water partition coefficient (Wildman–Crippen LogP) is 2.83. The van der Waals surface area contributed by atoms with Gasteiger partial charge >= 0.3 is 0 Å². The van der Waals surface area contributed by atoms with Crippen LogP contribution in [0.1, 0.15) is 56.8 Å². The monoisotopic (exact) mass is 294 g/mol. The molecule has 1 N–H and O–H groups in total. The smallest absolute Gasteiger partial charge is 0.257 e. The first-order chi connectivity index (χ1) is 10.1. The Morgan fingerprint density at radius 2 is 2.10 bits per heavy atom. The lowest BCUT2D eigenvalue weighted by Crippen LogP contribution is -2.39. The molecule has 0 unspecified atom stereocenters. The summed E-state index contributed by atoms with van der Waals surface area (Å²) < 4.78 is 4.94. The summed E-state index contributed by atoms with van der Waals surface area (Å²) in [4.78, 5) is 25.8. The highest BCUT2D eigenvalue weighted by Crippen LogP contribution is 2.09. The van der Waals surface area contributed by atoms with Crippen molar-refractivity contribution >= 4 is 11.8 Å². The predicted molar refractivity (Wildman–Crippen MR) is 82.0 cm³/mol. The molecule has 0 saturated carbocycles. The van der Waals surface area contributed by atoms with Gasteiger partial charge in [0.15, 0.2) is 0 Å². The number of nitrogens with one attached hydrogen (secondary N) is 1. The molecule has 1 heterocycles. The van der Waals surface area contributed by atoms with Gasteiger partial charge in [-0.1, -0.05) is 19.8 Å². The molecule has 0 saturated heterocycles. The van der Waals surface area contributed by atoms with Gasteiger partial charge in [-0.05, 0) is 26.3 Å². The maximum Gasteiger partial charge on any atom is 0.257 e. The number of unbranched alkanes of at least 4 members (excludes halogenated alkanes) is 2.